The minimum absolute atomic E-state index is 0.0262. The van der Waals surface area contributed by atoms with Gasteiger partial charge in [0, 0.05) is 23.2 Å². The predicted molar refractivity (Wildman–Crippen MR) is 103 cm³/mol. The SMILES string of the molecule is CCn1c(SCc2cc(-c3ccco3)on2)nc2sc(C)c(C)c2c1=O. The smallest absolute Gasteiger partial charge is 0.263 e. The third-order valence-corrected chi connectivity index (χ3v) is 6.35. The summed E-state index contributed by atoms with van der Waals surface area (Å²) < 4.78 is 12.4. The Labute approximate surface area is 157 Å². The summed E-state index contributed by atoms with van der Waals surface area (Å²) in [5.74, 6) is 1.79. The highest BCUT2D eigenvalue weighted by Crippen LogP contribution is 2.30. The highest BCUT2D eigenvalue weighted by Gasteiger charge is 2.17. The van der Waals surface area contributed by atoms with E-state index in [1.165, 1.54) is 11.8 Å². The summed E-state index contributed by atoms with van der Waals surface area (Å²) in [5, 5.41) is 5.52. The van der Waals surface area contributed by atoms with Gasteiger partial charge < -0.3 is 8.94 Å². The third kappa shape index (κ3) is 2.89. The highest BCUT2D eigenvalue weighted by atomic mass is 32.2. The van der Waals surface area contributed by atoms with Crippen LogP contribution in [0.25, 0.3) is 21.7 Å². The summed E-state index contributed by atoms with van der Waals surface area (Å²) in [4.78, 5) is 19.5. The molecule has 0 aliphatic heterocycles. The van der Waals surface area contributed by atoms with Gasteiger partial charge in [-0.05, 0) is 38.5 Å². The van der Waals surface area contributed by atoms with Crippen LogP contribution in [0, 0.1) is 13.8 Å². The van der Waals surface area contributed by atoms with E-state index < -0.39 is 0 Å². The van der Waals surface area contributed by atoms with Crippen LogP contribution in [0.2, 0.25) is 0 Å². The number of rotatable bonds is 5. The molecule has 4 rings (SSSR count). The Morgan fingerprint density at radius 3 is 2.88 bits per heavy atom. The summed E-state index contributed by atoms with van der Waals surface area (Å²) in [7, 11) is 0. The van der Waals surface area contributed by atoms with Crippen molar-refractivity contribution in [3.63, 3.8) is 0 Å². The van der Waals surface area contributed by atoms with E-state index in [0.717, 1.165) is 26.4 Å². The average molecular weight is 387 g/mol. The lowest BCUT2D eigenvalue weighted by molar-refractivity contribution is 0.413. The Morgan fingerprint density at radius 2 is 2.15 bits per heavy atom. The molecule has 0 amide bonds. The first-order chi connectivity index (χ1) is 12.6. The van der Waals surface area contributed by atoms with Crippen molar-refractivity contribution in [2.75, 3.05) is 0 Å². The van der Waals surface area contributed by atoms with Crippen LogP contribution >= 0.6 is 23.1 Å². The van der Waals surface area contributed by atoms with Gasteiger partial charge in [0.1, 0.15) is 4.83 Å². The molecule has 8 heteroatoms. The first-order valence-corrected chi connectivity index (χ1v) is 10.0. The largest absolute Gasteiger partial charge is 0.461 e. The van der Waals surface area contributed by atoms with E-state index in [-0.39, 0.29) is 5.56 Å². The topological polar surface area (TPSA) is 74.1 Å². The van der Waals surface area contributed by atoms with Gasteiger partial charge >= 0.3 is 0 Å². The Kier molecular flexibility index (Phi) is 4.46. The van der Waals surface area contributed by atoms with Gasteiger partial charge in [0.25, 0.3) is 5.56 Å². The number of hydrogen-bond donors (Lipinski definition) is 0. The molecule has 0 aromatic carbocycles. The van der Waals surface area contributed by atoms with Crippen LogP contribution in [0.1, 0.15) is 23.1 Å². The van der Waals surface area contributed by atoms with Crippen LogP contribution in [-0.2, 0) is 12.3 Å². The minimum atomic E-state index is 0.0262. The van der Waals surface area contributed by atoms with E-state index in [9.17, 15) is 4.79 Å². The van der Waals surface area contributed by atoms with Crippen LogP contribution in [0.4, 0.5) is 0 Å². The molecule has 0 atom stereocenters. The van der Waals surface area contributed by atoms with Gasteiger partial charge in [-0.2, -0.15) is 0 Å². The maximum absolute atomic E-state index is 12.9. The summed E-state index contributed by atoms with van der Waals surface area (Å²) in [6.07, 6.45) is 1.59. The van der Waals surface area contributed by atoms with E-state index in [2.05, 4.69) is 5.16 Å². The fraction of sp³-hybridized carbons (Fsp3) is 0.278. The van der Waals surface area contributed by atoms with Crippen LogP contribution in [0.3, 0.4) is 0 Å². The van der Waals surface area contributed by atoms with Crippen molar-refractivity contribution in [2.45, 2.75) is 38.2 Å². The lowest BCUT2D eigenvalue weighted by atomic mass is 10.2. The second-order valence-electron chi connectivity index (χ2n) is 5.86. The number of thiophene rings is 1. The minimum Gasteiger partial charge on any atom is -0.461 e. The van der Waals surface area contributed by atoms with Gasteiger partial charge in [-0.15, -0.1) is 11.3 Å². The van der Waals surface area contributed by atoms with Gasteiger partial charge in [0.05, 0.1) is 17.3 Å². The fourth-order valence-corrected chi connectivity index (χ4v) is 4.77. The highest BCUT2D eigenvalue weighted by molar-refractivity contribution is 7.98. The summed E-state index contributed by atoms with van der Waals surface area (Å²) >= 11 is 3.05. The zero-order valence-corrected chi connectivity index (χ0v) is 16.2. The van der Waals surface area contributed by atoms with Gasteiger partial charge in [0.2, 0.25) is 5.76 Å². The fourth-order valence-electron chi connectivity index (χ4n) is 2.75. The van der Waals surface area contributed by atoms with Crippen LogP contribution in [-0.4, -0.2) is 14.7 Å². The quantitative estimate of drug-likeness (QED) is 0.367. The number of thioether (sulfide) groups is 1. The molecule has 0 aliphatic rings. The Morgan fingerprint density at radius 1 is 1.31 bits per heavy atom. The molecule has 0 aliphatic carbocycles. The van der Waals surface area contributed by atoms with E-state index in [0.29, 0.717) is 29.0 Å². The molecule has 0 radical (unpaired) electrons. The van der Waals surface area contributed by atoms with Crippen molar-refractivity contribution < 1.29 is 8.94 Å². The molecule has 4 aromatic rings. The number of aromatic nitrogens is 3. The Balaban J connectivity index is 1.64. The second kappa shape index (κ2) is 6.77. The molecular weight excluding hydrogens is 370 g/mol. The molecule has 6 nitrogen and oxygen atoms in total. The van der Waals surface area contributed by atoms with Crippen molar-refractivity contribution in [3.05, 3.63) is 51.0 Å². The van der Waals surface area contributed by atoms with Crippen LogP contribution in [0.15, 0.2) is 43.4 Å². The Hall–Kier alpha value is -2.32. The number of nitrogens with zero attached hydrogens (tertiary/aromatic N) is 3. The summed E-state index contributed by atoms with van der Waals surface area (Å²) in [6, 6.07) is 5.47. The van der Waals surface area contributed by atoms with Gasteiger partial charge in [0.15, 0.2) is 10.9 Å². The molecule has 0 saturated carbocycles. The maximum atomic E-state index is 12.9. The standard InChI is InChI=1S/C18H17N3O3S2/c1-4-21-17(22)15-10(2)11(3)26-16(15)19-18(21)25-9-12-8-14(24-20-12)13-6-5-7-23-13/h5-8H,4,9H2,1-3H3. The van der Waals surface area contributed by atoms with Gasteiger partial charge in [-0.3, -0.25) is 9.36 Å². The summed E-state index contributed by atoms with van der Waals surface area (Å²) in [5.41, 5.74) is 1.83. The van der Waals surface area contributed by atoms with Gasteiger partial charge in [-0.1, -0.05) is 16.9 Å². The average Bonchev–Trinajstić information content (AvgIpc) is 3.34. The van der Waals surface area contributed by atoms with Crippen molar-refractivity contribution >= 4 is 33.3 Å². The first-order valence-electron chi connectivity index (χ1n) is 8.21. The molecule has 0 spiro atoms. The molecule has 0 N–H and O–H groups in total. The third-order valence-electron chi connectivity index (χ3n) is 4.24. The van der Waals surface area contributed by atoms with E-state index in [1.54, 1.807) is 28.2 Å². The van der Waals surface area contributed by atoms with Crippen molar-refractivity contribution in [3.8, 4) is 11.5 Å². The van der Waals surface area contributed by atoms with E-state index >= 15 is 0 Å². The van der Waals surface area contributed by atoms with Crippen molar-refractivity contribution in [1.29, 1.82) is 0 Å². The zero-order chi connectivity index (χ0) is 18.3. The number of hydrogen-bond acceptors (Lipinski definition) is 7. The predicted octanol–water partition coefficient (Wildman–Crippen LogP) is 4.64. The lowest BCUT2D eigenvalue weighted by Crippen LogP contribution is -2.22. The number of furan rings is 1. The molecule has 4 heterocycles. The first kappa shape index (κ1) is 17.1. The molecule has 4 aromatic heterocycles. The molecular formula is C18H17N3O3S2. The molecule has 26 heavy (non-hydrogen) atoms. The van der Waals surface area contributed by atoms with E-state index in [1.807, 2.05) is 32.9 Å². The zero-order valence-electron chi connectivity index (χ0n) is 14.6. The molecule has 0 unspecified atom stereocenters. The maximum Gasteiger partial charge on any atom is 0.263 e. The summed E-state index contributed by atoms with van der Waals surface area (Å²) in [6.45, 7) is 6.54. The van der Waals surface area contributed by atoms with Crippen molar-refractivity contribution in [1.82, 2.24) is 14.7 Å². The van der Waals surface area contributed by atoms with Crippen LogP contribution < -0.4 is 5.56 Å². The lowest BCUT2D eigenvalue weighted by Gasteiger charge is -2.09. The van der Waals surface area contributed by atoms with Gasteiger partial charge in [-0.25, -0.2) is 4.98 Å². The molecule has 0 saturated heterocycles. The second-order valence-corrected chi connectivity index (χ2v) is 8.00. The molecule has 0 bridgehead atoms. The number of aryl methyl sites for hydroxylation is 2. The Bertz CT molecular complexity index is 1120. The molecule has 0 fully saturated rings. The normalized spacial score (nSPS) is 11.5. The van der Waals surface area contributed by atoms with Crippen molar-refractivity contribution in [2.24, 2.45) is 0 Å². The van der Waals surface area contributed by atoms with E-state index in [4.69, 9.17) is 13.9 Å². The monoisotopic (exact) mass is 387 g/mol. The van der Waals surface area contributed by atoms with Crippen LogP contribution in [0.5, 0.6) is 0 Å². The molecule has 134 valence electrons. The number of fused-ring (bicyclic) bond motifs is 1.